The molecule has 1 aromatic heterocycles. The molecular formula is C18H28N4O2. The van der Waals surface area contributed by atoms with E-state index in [0.29, 0.717) is 17.7 Å². The molecule has 0 aromatic carbocycles. The molecule has 132 valence electrons. The highest BCUT2D eigenvalue weighted by atomic mass is 16.2. The molecule has 0 atom stereocenters. The van der Waals surface area contributed by atoms with Crippen LogP contribution in [0.2, 0.25) is 0 Å². The molecule has 0 bridgehead atoms. The van der Waals surface area contributed by atoms with Crippen molar-refractivity contribution >= 4 is 11.8 Å². The Bertz CT molecular complexity index is 552. The zero-order valence-corrected chi connectivity index (χ0v) is 14.8. The monoisotopic (exact) mass is 332 g/mol. The summed E-state index contributed by atoms with van der Waals surface area (Å²) in [5.74, 6) is -0.196. The minimum absolute atomic E-state index is 0.0216. The van der Waals surface area contributed by atoms with Crippen LogP contribution in [0.5, 0.6) is 0 Å². The summed E-state index contributed by atoms with van der Waals surface area (Å²) in [6, 6.07) is 1.65. The van der Waals surface area contributed by atoms with E-state index in [1.165, 1.54) is 19.0 Å². The van der Waals surface area contributed by atoms with Gasteiger partial charge in [-0.2, -0.15) is 0 Å². The van der Waals surface area contributed by atoms with Gasteiger partial charge in [0, 0.05) is 32.0 Å². The van der Waals surface area contributed by atoms with Gasteiger partial charge in [0.15, 0.2) is 0 Å². The average Bonchev–Trinajstić information content (AvgIpc) is 2.87. The molecule has 0 radical (unpaired) electrons. The lowest BCUT2D eigenvalue weighted by molar-refractivity contribution is 0.0761. The highest BCUT2D eigenvalue weighted by Crippen LogP contribution is 2.13. The fraction of sp³-hybridized carbons (Fsp3) is 0.611. The van der Waals surface area contributed by atoms with E-state index in [-0.39, 0.29) is 11.8 Å². The van der Waals surface area contributed by atoms with E-state index in [4.69, 9.17) is 0 Å². The maximum absolute atomic E-state index is 12.6. The van der Waals surface area contributed by atoms with E-state index in [0.717, 1.165) is 38.9 Å². The Labute approximate surface area is 144 Å². The molecule has 0 saturated carbocycles. The molecule has 2 amide bonds. The van der Waals surface area contributed by atoms with Crippen LogP contribution in [0, 0.1) is 0 Å². The van der Waals surface area contributed by atoms with Crippen molar-refractivity contribution in [1.29, 1.82) is 0 Å². The molecule has 1 aliphatic rings. The first-order chi connectivity index (χ1) is 11.6. The number of hydrogen-bond acceptors (Lipinski definition) is 4. The van der Waals surface area contributed by atoms with E-state index in [1.54, 1.807) is 12.3 Å². The summed E-state index contributed by atoms with van der Waals surface area (Å²) < 4.78 is 0. The fourth-order valence-electron chi connectivity index (χ4n) is 2.84. The number of pyridine rings is 1. The first-order valence-electron chi connectivity index (χ1n) is 8.75. The SMILES string of the molecule is CN(C)CCCNC(=O)c1cncc(C(=O)N2CCCCCC2)c1. The largest absolute Gasteiger partial charge is 0.352 e. The third kappa shape index (κ3) is 5.60. The highest BCUT2D eigenvalue weighted by molar-refractivity contribution is 5.99. The van der Waals surface area contributed by atoms with Gasteiger partial charge in [0.05, 0.1) is 11.1 Å². The zero-order chi connectivity index (χ0) is 17.4. The molecule has 1 fully saturated rings. The maximum Gasteiger partial charge on any atom is 0.255 e. The van der Waals surface area contributed by atoms with Crippen LogP contribution in [0.1, 0.15) is 52.8 Å². The predicted octanol–water partition coefficient (Wildman–Crippen LogP) is 1.78. The third-order valence-corrected chi connectivity index (χ3v) is 4.21. The number of carbonyl (C=O) groups excluding carboxylic acids is 2. The van der Waals surface area contributed by atoms with E-state index in [1.807, 2.05) is 19.0 Å². The number of aromatic nitrogens is 1. The number of hydrogen-bond donors (Lipinski definition) is 1. The second kappa shape index (κ2) is 9.37. The number of nitrogens with one attached hydrogen (secondary N) is 1. The number of nitrogens with zero attached hydrogens (tertiary/aromatic N) is 3. The molecule has 0 spiro atoms. The van der Waals surface area contributed by atoms with Crippen LogP contribution in [0.3, 0.4) is 0 Å². The van der Waals surface area contributed by atoms with Crippen LogP contribution >= 0.6 is 0 Å². The van der Waals surface area contributed by atoms with Gasteiger partial charge >= 0.3 is 0 Å². The summed E-state index contributed by atoms with van der Waals surface area (Å²) in [7, 11) is 4.01. The van der Waals surface area contributed by atoms with Crippen molar-refractivity contribution in [2.24, 2.45) is 0 Å². The molecule has 24 heavy (non-hydrogen) atoms. The van der Waals surface area contributed by atoms with Gasteiger partial charge in [-0.15, -0.1) is 0 Å². The van der Waals surface area contributed by atoms with Crippen LogP contribution in [0.25, 0.3) is 0 Å². The average molecular weight is 332 g/mol. The Kier molecular flexibility index (Phi) is 7.18. The lowest BCUT2D eigenvalue weighted by Gasteiger charge is -2.20. The lowest BCUT2D eigenvalue weighted by atomic mass is 10.1. The quantitative estimate of drug-likeness (QED) is 0.807. The molecule has 0 aliphatic carbocycles. The van der Waals surface area contributed by atoms with Crippen molar-refractivity contribution in [3.63, 3.8) is 0 Å². The van der Waals surface area contributed by atoms with Crippen LogP contribution in [-0.2, 0) is 0 Å². The van der Waals surface area contributed by atoms with Gasteiger partial charge in [0.2, 0.25) is 0 Å². The molecule has 1 aliphatic heterocycles. The summed E-state index contributed by atoms with van der Waals surface area (Å²) in [6.45, 7) is 3.12. The Balaban J connectivity index is 1.94. The van der Waals surface area contributed by atoms with Crippen LogP contribution in [0.4, 0.5) is 0 Å². The van der Waals surface area contributed by atoms with Crippen molar-refractivity contribution in [3.05, 3.63) is 29.6 Å². The van der Waals surface area contributed by atoms with E-state index < -0.39 is 0 Å². The number of amides is 2. The van der Waals surface area contributed by atoms with Gasteiger partial charge in [0.1, 0.15) is 0 Å². The minimum Gasteiger partial charge on any atom is -0.352 e. The van der Waals surface area contributed by atoms with E-state index in [2.05, 4.69) is 15.2 Å². The molecule has 6 heteroatoms. The fourth-order valence-corrected chi connectivity index (χ4v) is 2.84. The lowest BCUT2D eigenvalue weighted by Crippen LogP contribution is -2.32. The Morgan fingerprint density at radius 3 is 2.46 bits per heavy atom. The summed E-state index contributed by atoms with van der Waals surface area (Å²) in [5, 5.41) is 2.88. The Hall–Kier alpha value is -1.95. The van der Waals surface area contributed by atoms with Crippen molar-refractivity contribution in [2.75, 3.05) is 40.3 Å². The summed E-state index contributed by atoms with van der Waals surface area (Å²) in [4.78, 5) is 32.9. The molecule has 6 nitrogen and oxygen atoms in total. The molecule has 2 heterocycles. The maximum atomic E-state index is 12.6. The van der Waals surface area contributed by atoms with Crippen molar-refractivity contribution < 1.29 is 9.59 Å². The topological polar surface area (TPSA) is 65.5 Å². The van der Waals surface area contributed by atoms with Crippen molar-refractivity contribution in [1.82, 2.24) is 20.1 Å². The van der Waals surface area contributed by atoms with Gasteiger partial charge in [-0.25, -0.2) is 0 Å². The Morgan fingerprint density at radius 1 is 1.12 bits per heavy atom. The van der Waals surface area contributed by atoms with E-state index >= 15 is 0 Å². The van der Waals surface area contributed by atoms with Crippen molar-refractivity contribution in [2.45, 2.75) is 32.1 Å². The molecule has 1 saturated heterocycles. The van der Waals surface area contributed by atoms with Gasteiger partial charge < -0.3 is 15.1 Å². The van der Waals surface area contributed by atoms with Crippen molar-refractivity contribution in [3.8, 4) is 0 Å². The molecule has 0 unspecified atom stereocenters. The second-order valence-electron chi connectivity index (χ2n) is 6.58. The molecule has 1 aromatic rings. The first kappa shape index (κ1) is 18.4. The number of likely N-dealkylation sites (tertiary alicyclic amines) is 1. The minimum atomic E-state index is -0.174. The first-order valence-corrected chi connectivity index (χ1v) is 8.75. The summed E-state index contributed by atoms with van der Waals surface area (Å²) >= 11 is 0. The Morgan fingerprint density at radius 2 is 1.79 bits per heavy atom. The van der Waals surface area contributed by atoms with Crippen LogP contribution in [0.15, 0.2) is 18.5 Å². The normalized spacial score (nSPS) is 15.2. The predicted molar refractivity (Wildman–Crippen MR) is 94.1 cm³/mol. The molecule has 2 rings (SSSR count). The van der Waals surface area contributed by atoms with Gasteiger partial charge in [-0.1, -0.05) is 12.8 Å². The van der Waals surface area contributed by atoms with Crippen LogP contribution in [-0.4, -0.2) is 66.9 Å². The smallest absolute Gasteiger partial charge is 0.255 e. The second-order valence-corrected chi connectivity index (χ2v) is 6.58. The van der Waals surface area contributed by atoms with Gasteiger partial charge in [-0.3, -0.25) is 14.6 Å². The number of rotatable bonds is 6. The van der Waals surface area contributed by atoms with Gasteiger partial charge in [0.25, 0.3) is 11.8 Å². The summed E-state index contributed by atoms with van der Waals surface area (Å²) in [6.07, 6.45) is 8.40. The summed E-state index contributed by atoms with van der Waals surface area (Å²) in [5.41, 5.74) is 0.943. The third-order valence-electron chi connectivity index (χ3n) is 4.21. The molecular weight excluding hydrogens is 304 g/mol. The number of carbonyl (C=O) groups is 2. The highest BCUT2D eigenvalue weighted by Gasteiger charge is 2.18. The molecule has 1 N–H and O–H groups in total. The standard InChI is InChI=1S/C18H28N4O2/c1-21(2)9-7-8-20-17(23)15-12-16(14-19-13-15)18(24)22-10-5-3-4-6-11-22/h12-14H,3-11H2,1-2H3,(H,20,23). The zero-order valence-electron chi connectivity index (χ0n) is 14.8. The van der Waals surface area contributed by atoms with Crippen LogP contribution < -0.4 is 5.32 Å². The van der Waals surface area contributed by atoms with E-state index in [9.17, 15) is 9.59 Å². The van der Waals surface area contributed by atoms with Gasteiger partial charge in [-0.05, 0) is 46.0 Å².